The number of anilines is 3. The molecule has 1 aliphatic heterocycles. The van der Waals surface area contributed by atoms with Crippen molar-refractivity contribution in [1.29, 1.82) is 0 Å². The van der Waals surface area contributed by atoms with Crippen molar-refractivity contribution in [2.45, 2.75) is 25.7 Å². The molecule has 288 valence electrons. The van der Waals surface area contributed by atoms with Gasteiger partial charge in [-0.25, -0.2) is 0 Å². The fourth-order valence-electron chi connectivity index (χ4n) is 10.4. The third-order valence-electron chi connectivity index (χ3n) is 13.1. The van der Waals surface area contributed by atoms with Crippen molar-refractivity contribution in [1.82, 2.24) is 9.55 Å². The molecule has 0 N–H and O–H groups in total. The summed E-state index contributed by atoms with van der Waals surface area (Å²) in [5.74, 6) is 0.988. The molecular formula is C57H39N3O. The number of nitrogens with zero attached hydrogens (tertiary/aromatic N) is 3. The number of aromatic nitrogens is 2. The summed E-state index contributed by atoms with van der Waals surface area (Å²) in [4.78, 5) is 7.72. The molecule has 4 heterocycles. The zero-order valence-corrected chi connectivity index (χ0v) is 33.5. The highest BCUT2D eigenvalue weighted by molar-refractivity contribution is 6.15. The third-order valence-corrected chi connectivity index (χ3v) is 13.1. The Morgan fingerprint density at radius 3 is 2.13 bits per heavy atom. The second kappa shape index (κ2) is 13.4. The first-order valence-electron chi connectivity index (χ1n) is 21.4. The van der Waals surface area contributed by atoms with Crippen molar-refractivity contribution in [2.24, 2.45) is 0 Å². The summed E-state index contributed by atoms with van der Waals surface area (Å²) in [5.41, 5.74) is 19.5. The lowest BCUT2D eigenvalue weighted by atomic mass is 9.97. The Bertz CT molecular complexity index is 3510. The predicted molar refractivity (Wildman–Crippen MR) is 253 cm³/mol. The quantitative estimate of drug-likeness (QED) is 0.178. The molecule has 0 amide bonds. The van der Waals surface area contributed by atoms with Crippen LogP contribution in [0.5, 0.6) is 0 Å². The van der Waals surface area contributed by atoms with Crippen molar-refractivity contribution >= 4 is 61.9 Å². The van der Waals surface area contributed by atoms with Gasteiger partial charge in [-0.15, -0.1) is 0 Å². The molecule has 0 radical (unpaired) electrons. The van der Waals surface area contributed by atoms with Gasteiger partial charge in [-0.2, -0.15) is 0 Å². The summed E-state index contributed by atoms with van der Waals surface area (Å²) < 4.78 is 9.09. The highest BCUT2D eigenvalue weighted by Gasteiger charge is 2.32. The van der Waals surface area contributed by atoms with Crippen LogP contribution in [0.1, 0.15) is 35.4 Å². The molecule has 7 aromatic carbocycles. The smallest absolute Gasteiger partial charge is 0.142 e. The van der Waals surface area contributed by atoms with Gasteiger partial charge in [-0.3, -0.25) is 4.98 Å². The van der Waals surface area contributed by atoms with E-state index in [1.165, 1.54) is 66.3 Å². The van der Waals surface area contributed by atoms with E-state index in [2.05, 4.69) is 198 Å². The van der Waals surface area contributed by atoms with Crippen molar-refractivity contribution in [2.75, 3.05) is 4.90 Å². The molecular weight excluding hydrogens is 743 g/mol. The Balaban J connectivity index is 1.04. The summed E-state index contributed by atoms with van der Waals surface area (Å²) in [5, 5.41) is 4.80. The molecule has 61 heavy (non-hydrogen) atoms. The van der Waals surface area contributed by atoms with Crippen LogP contribution in [0.3, 0.4) is 0 Å². The van der Waals surface area contributed by atoms with E-state index in [1.807, 2.05) is 0 Å². The lowest BCUT2D eigenvalue weighted by Gasteiger charge is -2.29. The highest BCUT2D eigenvalue weighted by atomic mass is 16.3. The minimum absolute atomic E-state index is 0.958. The minimum atomic E-state index is 0.958. The van der Waals surface area contributed by atoms with Crippen LogP contribution in [0.15, 0.2) is 180 Å². The maximum atomic E-state index is 6.60. The zero-order valence-electron chi connectivity index (χ0n) is 33.5. The molecule has 0 saturated heterocycles. The van der Waals surface area contributed by atoms with E-state index >= 15 is 0 Å². The molecule has 4 heteroatoms. The number of furan rings is 1. The number of allylic oxidation sites excluding steroid dienone is 2. The first-order chi connectivity index (χ1) is 30.3. The van der Waals surface area contributed by atoms with Gasteiger partial charge in [0.05, 0.1) is 34.0 Å². The maximum Gasteiger partial charge on any atom is 0.142 e. The Hall–Kier alpha value is -7.69. The molecule has 3 aromatic heterocycles. The highest BCUT2D eigenvalue weighted by Crippen LogP contribution is 2.55. The maximum absolute atomic E-state index is 6.60. The number of pyridine rings is 1. The number of para-hydroxylation sites is 4. The SMILES string of the molecule is C1=Cc2ccc(-c3cccc4c(N5c6ccccc6-c6c(n(-c7cccc(-c8cccc9c%10c(oc89)C=CCC%10)c7)c7ccccc67)-c6ccccc65)cccc34)nc2CC1. The summed E-state index contributed by atoms with van der Waals surface area (Å²) in [7, 11) is 0. The van der Waals surface area contributed by atoms with E-state index in [-0.39, 0.29) is 0 Å². The molecule has 3 aliphatic rings. The van der Waals surface area contributed by atoms with E-state index in [9.17, 15) is 0 Å². The number of benzene rings is 7. The van der Waals surface area contributed by atoms with Crippen molar-refractivity contribution in [3.05, 3.63) is 199 Å². The molecule has 0 unspecified atom stereocenters. The second-order valence-electron chi connectivity index (χ2n) is 16.4. The summed E-state index contributed by atoms with van der Waals surface area (Å²) >= 11 is 0. The first-order valence-corrected chi connectivity index (χ1v) is 21.4. The number of rotatable bonds is 4. The molecule has 0 fully saturated rings. The van der Waals surface area contributed by atoms with E-state index in [4.69, 9.17) is 9.40 Å². The van der Waals surface area contributed by atoms with Crippen LogP contribution in [0, 0.1) is 0 Å². The summed E-state index contributed by atoms with van der Waals surface area (Å²) in [6.07, 6.45) is 12.9. The lowest BCUT2D eigenvalue weighted by Crippen LogP contribution is -2.12. The van der Waals surface area contributed by atoms with Gasteiger partial charge in [0, 0.05) is 60.9 Å². The number of aryl methyl sites for hydroxylation is 2. The van der Waals surface area contributed by atoms with Crippen molar-refractivity contribution in [3.63, 3.8) is 0 Å². The predicted octanol–water partition coefficient (Wildman–Crippen LogP) is 15.3. The zero-order chi connectivity index (χ0) is 40.0. The fourth-order valence-corrected chi connectivity index (χ4v) is 10.4. The van der Waals surface area contributed by atoms with Gasteiger partial charge in [-0.1, -0.05) is 140 Å². The van der Waals surface area contributed by atoms with Crippen molar-refractivity contribution < 1.29 is 4.42 Å². The van der Waals surface area contributed by atoms with Gasteiger partial charge in [0.25, 0.3) is 0 Å². The van der Waals surface area contributed by atoms with Crippen molar-refractivity contribution in [3.8, 4) is 50.5 Å². The minimum Gasteiger partial charge on any atom is -0.456 e. The Morgan fingerprint density at radius 1 is 0.508 bits per heavy atom. The Labute approximate surface area is 354 Å². The summed E-state index contributed by atoms with van der Waals surface area (Å²) in [6.45, 7) is 0. The third kappa shape index (κ3) is 5.15. The van der Waals surface area contributed by atoms with Gasteiger partial charge in [-0.05, 0) is 90.7 Å². The molecule has 2 aliphatic carbocycles. The first kappa shape index (κ1) is 34.2. The van der Waals surface area contributed by atoms with Gasteiger partial charge < -0.3 is 13.9 Å². The standard InChI is InChI=1S/C57H39N3O/c1-6-27-48-36(15-1)33-34-49(58-48)41-24-13-25-42-40(41)23-14-31-50(42)60-52-29-8-3-20-46(52)55-45-19-2-7-28-51(45)59(56(55)47-21-4-9-30-53(47)60)38-17-11-16-37(35-38)39-22-12-26-44-43-18-5-10-32-54(43)61-57(39)44/h1-4,7-17,19-26,28-35H,5-6,18,27H2. The summed E-state index contributed by atoms with van der Waals surface area (Å²) in [6, 6.07) is 60.2. The molecule has 0 atom stereocenters. The van der Waals surface area contributed by atoms with Gasteiger partial charge in [0.1, 0.15) is 11.3 Å². The molecule has 13 rings (SSSR count). The van der Waals surface area contributed by atoms with E-state index in [0.29, 0.717) is 0 Å². The second-order valence-corrected chi connectivity index (χ2v) is 16.4. The van der Waals surface area contributed by atoms with Gasteiger partial charge >= 0.3 is 0 Å². The lowest BCUT2D eigenvalue weighted by molar-refractivity contribution is 0.596. The van der Waals surface area contributed by atoms with Gasteiger partial charge in [0.2, 0.25) is 0 Å². The average molecular weight is 782 g/mol. The van der Waals surface area contributed by atoms with Crippen LogP contribution < -0.4 is 4.90 Å². The molecule has 4 nitrogen and oxygen atoms in total. The number of hydrogen-bond donors (Lipinski definition) is 0. The Morgan fingerprint density at radius 2 is 1.20 bits per heavy atom. The molecule has 0 saturated carbocycles. The monoisotopic (exact) mass is 781 g/mol. The van der Waals surface area contributed by atoms with E-state index in [0.717, 1.165) is 82.2 Å². The fraction of sp³-hybridized carbons (Fsp3) is 0.0702. The van der Waals surface area contributed by atoms with Crippen LogP contribution in [0.25, 0.3) is 95.3 Å². The van der Waals surface area contributed by atoms with Crippen LogP contribution >= 0.6 is 0 Å². The Kier molecular flexibility index (Phi) is 7.52. The van der Waals surface area contributed by atoms with E-state index < -0.39 is 0 Å². The molecule has 0 bridgehead atoms. The molecule has 0 spiro atoms. The normalized spacial score (nSPS) is 13.8. The average Bonchev–Trinajstić information content (AvgIpc) is 3.84. The number of fused-ring (bicyclic) bond motifs is 12. The van der Waals surface area contributed by atoms with Crippen LogP contribution in [-0.4, -0.2) is 9.55 Å². The molecule has 10 aromatic rings. The number of hydrogen-bond acceptors (Lipinski definition) is 3. The topological polar surface area (TPSA) is 34.2 Å². The van der Waals surface area contributed by atoms with Crippen LogP contribution in [-0.2, 0) is 12.8 Å². The van der Waals surface area contributed by atoms with E-state index in [1.54, 1.807) is 0 Å². The van der Waals surface area contributed by atoms with Gasteiger partial charge in [0.15, 0.2) is 0 Å². The largest absolute Gasteiger partial charge is 0.456 e. The van der Waals surface area contributed by atoms with Crippen LogP contribution in [0.2, 0.25) is 0 Å². The van der Waals surface area contributed by atoms with Crippen LogP contribution in [0.4, 0.5) is 17.1 Å².